The highest BCUT2D eigenvalue weighted by Crippen LogP contribution is 2.47. The number of aromatic nitrogens is 1. The first-order valence-electron chi connectivity index (χ1n) is 14.1. The highest BCUT2D eigenvalue weighted by Gasteiger charge is 2.35. The van der Waals surface area contributed by atoms with E-state index >= 15 is 0 Å². The standard InChI is InChI=1S/C31H31BN4O5S/c1-18-15-22(41-21-8-4-3-5-9-21)10-11-23(18)36-24-12-13-33-30-26(24)27(34-31(36)40)28(42-30)29(39)32-20-7-6-14-35(17-20)25(38)16-19(2)37/h3-5,8-13,15,19-20,32,37H,6-7,14,16-17H2,1-2H3,(H,34,40). The molecule has 2 aliphatic rings. The van der Waals surface area contributed by atoms with Crippen molar-refractivity contribution in [3.63, 3.8) is 0 Å². The average molecular weight is 582 g/mol. The van der Waals surface area contributed by atoms with Crippen LogP contribution < -0.4 is 15.0 Å². The zero-order valence-electron chi connectivity index (χ0n) is 23.5. The lowest BCUT2D eigenvalue weighted by atomic mass is 9.58. The summed E-state index contributed by atoms with van der Waals surface area (Å²) in [6, 6.07) is 16.5. The fourth-order valence-corrected chi connectivity index (χ4v) is 6.85. The van der Waals surface area contributed by atoms with Crippen LogP contribution in [0.2, 0.25) is 5.82 Å². The van der Waals surface area contributed by atoms with Gasteiger partial charge in [0.2, 0.25) is 13.2 Å². The molecule has 42 heavy (non-hydrogen) atoms. The van der Waals surface area contributed by atoms with Gasteiger partial charge >= 0.3 is 6.03 Å². The van der Waals surface area contributed by atoms with E-state index in [1.807, 2.05) is 55.5 Å². The number of anilines is 3. The first-order valence-corrected chi connectivity index (χ1v) is 15.0. The number of carbonyl (C=O) groups excluding carboxylic acids is 3. The minimum absolute atomic E-state index is 0.0177. The van der Waals surface area contributed by atoms with Gasteiger partial charge in [0.15, 0.2) is 0 Å². The van der Waals surface area contributed by atoms with Crippen molar-refractivity contribution in [2.45, 2.75) is 45.0 Å². The topological polar surface area (TPSA) is 112 Å². The van der Waals surface area contributed by atoms with Gasteiger partial charge in [-0.2, -0.15) is 0 Å². The minimum atomic E-state index is -0.694. The molecule has 2 N–H and O–H groups in total. The zero-order valence-corrected chi connectivity index (χ0v) is 24.3. The van der Waals surface area contributed by atoms with Gasteiger partial charge in [0, 0.05) is 19.3 Å². The lowest BCUT2D eigenvalue weighted by Gasteiger charge is -2.32. The van der Waals surface area contributed by atoms with E-state index in [0.29, 0.717) is 45.6 Å². The molecule has 214 valence electrons. The summed E-state index contributed by atoms with van der Waals surface area (Å²) in [6.45, 7) is 4.66. The number of thiophene rings is 1. The number of urea groups is 1. The first kappa shape index (κ1) is 27.9. The number of hydrogen-bond acceptors (Lipinski definition) is 7. The molecule has 2 atom stereocenters. The van der Waals surface area contributed by atoms with E-state index in [1.54, 1.807) is 29.0 Å². The van der Waals surface area contributed by atoms with E-state index in [4.69, 9.17) is 4.74 Å². The molecule has 0 aliphatic carbocycles. The maximum atomic E-state index is 13.6. The van der Waals surface area contributed by atoms with E-state index in [9.17, 15) is 19.5 Å². The molecule has 2 aromatic heterocycles. The molecule has 1 saturated heterocycles. The van der Waals surface area contributed by atoms with Crippen molar-refractivity contribution in [3.8, 4) is 11.5 Å². The molecular weight excluding hydrogens is 551 g/mol. The number of nitrogens with one attached hydrogen (secondary N) is 1. The van der Waals surface area contributed by atoms with Crippen molar-refractivity contribution in [1.82, 2.24) is 9.88 Å². The van der Waals surface area contributed by atoms with Gasteiger partial charge in [-0.05, 0) is 68.0 Å². The maximum absolute atomic E-state index is 13.6. The van der Waals surface area contributed by atoms with E-state index < -0.39 is 6.10 Å². The average Bonchev–Trinajstić information content (AvgIpc) is 3.34. The molecule has 3 amide bonds. The third-order valence-electron chi connectivity index (χ3n) is 7.70. The van der Waals surface area contributed by atoms with Crippen LogP contribution >= 0.6 is 11.3 Å². The van der Waals surface area contributed by atoms with E-state index in [-0.39, 0.29) is 37.1 Å². The predicted molar refractivity (Wildman–Crippen MR) is 166 cm³/mol. The third kappa shape index (κ3) is 5.49. The Morgan fingerprint density at radius 3 is 2.74 bits per heavy atom. The van der Waals surface area contributed by atoms with Gasteiger partial charge in [-0.1, -0.05) is 24.6 Å². The maximum Gasteiger partial charge on any atom is 0.331 e. The Morgan fingerprint density at radius 2 is 1.98 bits per heavy atom. The largest absolute Gasteiger partial charge is 0.457 e. The lowest BCUT2D eigenvalue weighted by Crippen LogP contribution is -2.41. The van der Waals surface area contributed by atoms with Crippen LogP contribution in [-0.4, -0.2) is 59.1 Å². The Hall–Kier alpha value is -4.22. The second kappa shape index (κ2) is 11.6. The molecule has 0 bridgehead atoms. The third-order valence-corrected chi connectivity index (χ3v) is 8.84. The van der Waals surface area contributed by atoms with Gasteiger partial charge < -0.3 is 24.9 Å². The number of likely N-dealkylation sites (tertiary alicyclic amines) is 1. The lowest BCUT2D eigenvalue weighted by molar-refractivity contribution is -0.133. The van der Waals surface area contributed by atoms with Gasteiger partial charge in [-0.3, -0.25) is 9.69 Å². The van der Waals surface area contributed by atoms with Crippen molar-refractivity contribution in [3.05, 3.63) is 71.2 Å². The smallest absolute Gasteiger partial charge is 0.331 e. The Labute approximate surface area is 248 Å². The number of carbonyl (C=O) groups is 3. The molecule has 2 aliphatic heterocycles. The first-order chi connectivity index (χ1) is 20.3. The van der Waals surface area contributed by atoms with Crippen molar-refractivity contribution < 1.29 is 24.2 Å². The van der Waals surface area contributed by atoms with Crippen molar-refractivity contribution in [1.29, 1.82) is 0 Å². The molecule has 4 heterocycles. The van der Waals surface area contributed by atoms with Crippen LogP contribution in [0.4, 0.5) is 21.9 Å². The molecule has 4 aromatic rings. The molecule has 11 heteroatoms. The number of amides is 3. The number of aliphatic hydroxyl groups is 1. The molecule has 0 radical (unpaired) electrons. The highest BCUT2D eigenvalue weighted by atomic mass is 32.1. The van der Waals surface area contributed by atoms with Crippen LogP contribution in [0.5, 0.6) is 11.5 Å². The van der Waals surface area contributed by atoms with Gasteiger partial charge in [0.05, 0.1) is 39.9 Å². The fraction of sp³-hybridized carbons (Fsp3) is 0.290. The molecule has 9 nitrogen and oxygen atoms in total. The van der Waals surface area contributed by atoms with Crippen LogP contribution in [0.1, 0.15) is 41.4 Å². The number of benzene rings is 2. The Bertz CT molecular complexity index is 1670. The van der Waals surface area contributed by atoms with Gasteiger partial charge in [-0.15, -0.1) is 11.3 Å². The number of nitrogens with zero attached hydrogens (tertiary/aromatic N) is 3. The van der Waals surface area contributed by atoms with E-state index in [1.165, 1.54) is 11.3 Å². The quantitative estimate of drug-likeness (QED) is 0.253. The van der Waals surface area contributed by atoms with E-state index in [2.05, 4.69) is 10.3 Å². The molecule has 0 saturated carbocycles. The number of hydrogen-bond donors (Lipinski definition) is 2. The highest BCUT2D eigenvalue weighted by molar-refractivity contribution is 7.23. The summed E-state index contributed by atoms with van der Waals surface area (Å²) in [5.41, 5.74) is 2.66. The molecular formula is C31H31BN4O5S. The number of aryl methyl sites for hydroxylation is 1. The number of piperidine rings is 1. The van der Waals surface area contributed by atoms with Crippen LogP contribution in [-0.2, 0) is 4.79 Å². The fourth-order valence-electron chi connectivity index (χ4n) is 5.78. The summed E-state index contributed by atoms with van der Waals surface area (Å²) in [7, 11) is 0.273. The SMILES string of the molecule is Cc1cc(Oc2ccccc2)ccc1N1C(=O)Nc2c(C(=O)BC3CCCN(C(=O)CC(C)O)C3)sc3nccc1c23. The Kier molecular flexibility index (Phi) is 7.70. The summed E-state index contributed by atoms with van der Waals surface area (Å²) >= 11 is 1.29. The molecule has 6 rings (SSSR count). The minimum Gasteiger partial charge on any atom is -0.457 e. The van der Waals surface area contributed by atoms with Crippen LogP contribution in [0.3, 0.4) is 0 Å². The Morgan fingerprint density at radius 1 is 1.17 bits per heavy atom. The summed E-state index contributed by atoms with van der Waals surface area (Å²) in [5, 5.41) is 13.3. The second-order valence-electron chi connectivity index (χ2n) is 11.0. The van der Waals surface area contributed by atoms with Gasteiger partial charge in [0.25, 0.3) is 0 Å². The summed E-state index contributed by atoms with van der Waals surface area (Å²) in [4.78, 5) is 48.7. The summed E-state index contributed by atoms with van der Waals surface area (Å²) < 4.78 is 5.97. The summed E-state index contributed by atoms with van der Waals surface area (Å²) in [5.74, 6) is 1.32. The van der Waals surface area contributed by atoms with Crippen LogP contribution in [0.15, 0.2) is 60.8 Å². The predicted octanol–water partition coefficient (Wildman–Crippen LogP) is 5.84. The number of aliphatic hydroxyl groups excluding tert-OH is 1. The van der Waals surface area contributed by atoms with Crippen molar-refractivity contribution in [2.24, 2.45) is 0 Å². The summed E-state index contributed by atoms with van der Waals surface area (Å²) in [6.07, 6.45) is 2.71. The number of ether oxygens (including phenoxy) is 1. The molecule has 0 spiro atoms. The molecule has 2 aromatic carbocycles. The van der Waals surface area contributed by atoms with Crippen LogP contribution in [0, 0.1) is 6.92 Å². The number of para-hydroxylation sites is 1. The second-order valence-corrected chi connectivity index (χ2v) is 12.0. The van der Waals surface area contributed by atoms with E-state index in [0.717, 1.165) is 29.5 Å². The molecule has 1 fully saturated rings. The zero-order chi connectivity index (χ0) is 29.4. The van der Waals surface area contributed by atoms with Crippen LogP contribution in [0.25, 0.3) is 10.2 Å². The van der Waals surface area contributed by atoms with Crippen molar-refractivity contribution in [2.75, 3.05) is 23.3 Å². The number of pyridine rings is 1. The van der Waals surface area contributed by atoms with Crippen molar-refractivity contribution >= 4 is 63.5 Å². The van der Waals surface area contributed by atoms with Gasteiger partial charge in [-0.25, -0.2) is 9.78 Å². The normalized spacial score (nSPS) is 17.1. The monoisotopic (exact) mass is 582 g/mol. The Balaban J connectivity index is 1.26. The number of rotatable bonds is 8. The van der Waals surface area contributed by atoms with Gasteiger partial charge in [0.1, 0.15) is 22.0 Å². The molecule has 2 unspecified atom stereocenters.